The van der Waals surface area contributed by atoms with Crippen molar-refractivity contribution in [2.45, 2.75) is 13.2 Å². The van der Waals surface area contributed by atoms with Crippen molar-refractivity contribution < 1.29 is 19.0 Å². The number of aromatic nitrogens is 4. The van der Waals surface area contributed by atoms with Crippen molar-refractivity contribution in [2.24, 2.45) is 0 Å². The number of aliphatic hydroxyl groups is 2. The SMILES string of the molecule is OCc1ccnc(-c2c(F)cccc2F)n1.OCc1ccnc(Cl)n1. The number of hydrogen-bond donors (Lipinski definition) is 2. The molecule has 2 aromatic heterocycles. The highest BCUT2D eigenvalue weighted by Gasteiger charge is 2.13. The third-order valence-electron chi connectivity index (χ3n) is 2.91. The standard InChI is InChI=1S/C11H8F2N2O.C5H5ClN2O/c12-8-2-1-3-9(13)10(8)11-14-5-4-7(6-16)15-11;6-5-7-2-1-4(3-9)8-5/h1-5,16H,6H2;1-2,9H,3H2. The summed E-state index contributed by atoms with van der Waals surface area (Å²) in [5, 5.41) is 17.6. The zero-order valence-electron chi connectivity index (χ0n) is 12.8. The van der Waals surface area contributed by atoms with E-state index in [0.29, 0.717) is 11.4 Å². The summed E-state index contributed by atoms with van der Waals surface area (Å²) < 4.78 is 26.8. The van der Waals surface area contributed by atoms with Gasteiger partial charge in [-0.15, -0.1) is 0 Å². The van der Waals surface area contributed by atoms with Gasteiger partial charge in [0.1, 0.15) is 11.6 Å². The molecule has 0 radical (unpaired) electrons. The largest absolute Gasteiger partial charge is 0.390 e. The van der Waals surface area contributed by atoms with Crippen LogP contribution < -0.4 is 0 Å². The number of hydrogen-bond acceptors (Lipinski definition) is 6. The molecular weight excluding hydrogens is 354 g/mol. The minimum atomic E-state index is -0.727. The fraction of sp³-hybridized carbons (Fsp3) is 0.125. The van der Waals surface area contributed by atoms with Gasteiger partial charge in [0.15, 0.2) is 5.82 Å². The number of nitrogens with zero attached hydrogens (tertiary/aromatic N) is 4. The monoisotopic (exact) mass is 366 g/mol. The lowest BCUT2D eigenvalue weighted by Crippen LogP contribution is -1.98. The molecule has 2 N–H and O–H groups in total. The fourth-order valence-corrected chi connectivity index (χ4v) is 1.94. The van der Waals surface area contributed by atoms with Crippen LogP contribution in [0, 0.1) is 11.6 Å². The van der Waals surface area contributed by atoms with Crippen LogP contribution in [-0.4, -0.2) is 30.1 Å². The van der Waals surface area contributed by atoms with Crippen LogP contribution in [0.15, 0.2) is 42.7 Å². The minimum absolute atomic E-state index is 0.0675. The van der Waals surface area contributed by atoms with E-state index in [1.54, 1.807) is 6.07 Å². The van der Waals surface area contributed by atoms with Crippen molar-refractivity contribution in [3.8, 4) is 11.4 Å². The van der Waals surface area contributed by atoms with Crippen molar-refractivity contribution >= 4 is 11.6 Å². The number of rotatable bonds is 3. The molecule has 3 rings (SSSR count). The van der Waals surface area contributed by atoms with E-state index in [9.17, 15) is 8.78 Å². The predicted octanol–water partition coefficient (Wildman–Crippen LogP) is 2.54. The number of benzene rings is 1. The lowest BCUT2D eigenvalue weighted by molar-refractivity contribution is 0.276. The first-order valence-corrected chi connectivity index (χ1v) is 7.38. The second-order valence-electron chi connectivity index (χ2n) is 4.60. The maximum atomic E-state index is 13.4. The van der Waals surface area contributed by atoms with Gasteiger partial charge in [-0.1, -0.05) is 6.07 Å². The Bertz CT molecular complexity index is 832. The van der Waals surface area contributed by atoms with Crippen molar-refractivity contribution in [3.05, 3.63) is 71.0 Å². The van der Waals surface area contributed by atoms with E-state index >= 15 is 0 Å². The Morgan fingerprint density at radius 1 is 0.840 bits per heavy atom. The van der Waals surface area contributed by atoms with E-state index in [2.05, 4.69) is 19.9 Å². The molecule has 1 aromatic carbocycles. The maximum Gasteiger partial charge on any atom is 0.222 e. The van der Waals surface area contributed by atoms with Crippen LogP contribution in [0.25, 0.3) is 11.4 Å². The average molecular weight is 367 g/mol. The molecule has 2 heterocycles. The first-order chi connectivity index (χ1) is 12.0. The molecule has 0 amide bonds. The highest BCUT2D eigenvalue weighted by molar-refractivity contribution is 6.28. The Hall–Kier alpha value is -2.55. The van der Waals surface area contributed by atoms with Crippen LogP contribution in [0.5, 0.6) is 0 Å². The Morgan fingerprint density at radius 3 is 1.92 bits per heavy atom. The summed E-state index contributed by atoms with van der Waals surface area (Å²) in [5.74, 6) is -1.52. The lowest BCUT2D eigenvalue weighted by Gasteiger charge is -2.04. The van der Waals surface area contributed by atoms with Gasteiger partial charge in [0.2, 0.25) is 5.28 Å². The molecular formula is C16H13ClF2N4O2. The van der Waals surface area contributed by atoms with Gasteiger partial charge in [0.05, 0.1) is 30.2 Å². The lowest BCUT2D eigenvalue weighted by atomic mass is 10.2. The van der Waals surface area contributed by atoms with E-state index in [1.165, 1.54) is 24.5 Å². The van der Waals surface area contributed by atoms with E-state index in [-0.39, 0.29) is 29.9 Å². The summed E-state index contributed by atoms with van der Waals surface area (Å²) in [7, 11) is 0. The molecule has 0 saturated heterocycles. The molecule has 0 atom stereocenters. The molecule has 0 spiro atoms. The quantitative estimate of drug-likeness (QED) is 0.692. The minimum Gasteiger partial charge on any atom is -0.390 e. The Kier molecular flexibility index (Phi) is 6.81. The summed E-state index contributed by atoms with van der Waals surface area (Å²) >= 11 is 5.39. The van der Waals surface area contributed by atoms with E-state index in [0.717, 1.165) is 12.1 Å². The Labute approximate surface area is 146 Å². The molecule has 6 nitrogen and oxygen atoms in total. The topological polar surface area (TPSA) is 92.0 Å². The predicted molar refractivity (Wildman–Crippen MR) is 86.3 cm³/mol. The normalized spacial score (nSPS) is 10.1. The van der Waals surface area contributed by atoms with Crippen molar-refractivity contribution in [1.82, 2.24) is 19.9 Å². The molecule has 0 unspecified atom stereocenters. The van der Waals surface area contributed by atoms with Crippen molar-refractivity contribution in [1.29, 1.82) is 0 Å². The van der Waals surface area contributed by atoms with Crippen molar-refractivity contribution in [3.63, 3.8) is 0 Å². The highest BCUT2D eigenvalue weighted by atomic mass is 35.5. The second-order valence-corrected chi connectivity index (χ2v) is 4.94. The summed E-state index contributed by atoms with van der Waals surface area (Å²) in [6.07, 6.45) is 2.85. The summed E-state index contributed by atoms with van der Waals surface area (Å²) in [4.78, 5) is 14.9. The van der Waals surface area contributed by atoms with Gasteiger partial charge >= 0.3 is 0 Å². The smallest absolute Gasteiger partial charge is 0.222 e. The Morgan fingerprint density at radius 2 is 1.40 bits per heavy atom. The number of aliphatic hydroxyl groups excluding tert-OH is 2. The summed E-state index contributed by atoms with van der Waals surface area (Å²) in [6.45, 7) is -0.395. The van der Waals surface area contributed by atoms with E-state index < -0.39 is 11.6 Å². The van der Waals surface area contributed by atoms with Crippen LogP contribution >= 0.6 is 11.6 Å². The molecule has 130 valence electrons. The fourth-order valence-electron chi connectivity index (χ4n) is 1.77. The zero-order chi connectivity index (χ0) is 18.2. The van der Waals surface area contributed by atoms with Gasteiger partial charge in [-0.05, 0) is 35.9 Å². The van der Waals surface area contributed by atoms with Gasteiger partial charge in [0.25, 0.3) is 0 Å². The first kappa shape index (κ1) is 18.8. The second kappa shape index (κ2) is 9.07. The molecule has 0 bridgehead atoms. The molecule has 0 fully saturated rings. The molecule has 9 heteroatoms. The maximum absolute atomic E-state index is 13.4. The molecule has 0 aliphatic carbocycles. The number of halogens is 3. The van der Waals surface area contributed by atoms with Gasteiger partial charge in [-0.25, -0.2) is 28.7 Å². The molecule has 3 aromatic rings. The van der Waals surface area contributed by atoms with Gasteiger partial charge in [-0.3, -0.25) is 0 Å². The summed E-state index contributed by atoms with van der Waals surface area (Å²) in [6, 6.07) is 6.61. The van der Waals surface area contributed by atoms with Gasteiger partial charge in [0, 0.05) is 12.4 Å². The van der Waals surface area contributed by atoms with Gasteiger partial charge in [-0.2, -0.15) is 0 Å². The van der Waals surface area contributed by atoms with Crippen LogP contribution in [0.2, 0.25) is 5.28 Å². The van der Waals surface area contributed by atoms with Crippen molar-refractivity contribution in [2.75, 3.05) is 0 Å². The van der Waals surface area contributed by atoms with Gasteiger partial charge < -0.3 is 10.2 Å². The Balaban J connectivity index is 0.000000212. The van der Waals surface area contributed by atoms with Crippen LogP contribution in [-0.2, 0) is 13.2 Å². The highest BCUT2D eigenvalue weighted by Crippen LogP contribution is 2.22. The third kappa shape index (κ3) is 5.21. The third-order valence-corrected chi connectivity index (χ3v) is 3.09. The molecule has 0 aliphatic rings. The summed E-state index contributed by atoms with van der Waals surface area (Å²) in [5.41, 5.74) is 0.570. The van der Waals surface area contributed by atoms with Crippen LogP contribution in [0.1, 0.15) is 11.4 Å². The average Bonchev–Trinajstić information content (AvgIpc) is 2.62. The van der Waals surface area contributed by atoms with Crippen LogP contribution in [0.3, 0.4) is 0 Å². The van der Waals surface area contributed by atoms with Crippen LogP contribution in [0.4, 0.5) is 8.78 Å². The van der Waals surface area contributed by atoms with E-state index in [1.807, 2.05) is 0 Å². The zero-order valence-corrected chi connectivity index (χ0v) is 13.5. The molecule has 0 aliphatic heterocycles. The first-order valence-electron chi connectivity index (χ1n) is 7.00. The molecule has 25 heavy (non-hydrogen) atoms. The molecule has 0 saturated carbocycles. The van der Waals surface area contributed by atoms with E-state index in [4.69, 9.17) is 21.8 Å².